The Hall–Kier alpha value is -3.46. The van der Waals surface area contributed by atoms with Crippen LogP contribution in [0.15, 0.2) is 52.1 Å². The van der Waals surface area contributed by atoms with E-state index < -0.39 is 11.2 Å². The highest BCUT2D eigenvalue weighted by Gasteiger charge is 2.22. The molecule has 9 nitrogen and oxygen atoms in total. The summed E-state index contributed by atoms with van der Waals surface area (Å²) in [5.41, 5.74) is 0.519. The number of carbonyl (C=O) groups excluding carboxylic acids is 1. The van der Waals surface area contributed by atoms with Crippen LogP contribution >= 0.6 is 0 Å². The number of para-hydroxylation sites is 1. The fourth-order valence-electron chi connectivity index (χ4n) is 3.87. The van der Waals surface area contributed by atoms with Gasteiger partial charge in [0.25, 0.3) is 11.5 Å². The first-order valence-corrected chi connectivity index (χ1v) is 10.4. The number of fused-ring (bicyclic) bond motifs is 1. The SMILES string of the molecule is C[C@H](CNC(=O)c1ccc2c(=O)[nH]c(=O)n(C)c2n1)N1CCN(c2ccccc2)CC1. The van der Waals surface area contributed by atoms with Gasteiger partial charge in [-0.15, -0.1) is 0 Å². The number of H-pyrrole nitrogens is 1. The van der Waals surface area contributed by atoms with Crippen LogP contribution in [0.5, 0.6) is 0 Å². The van der Waals surface area contributed by atoms with Gasteiger partial charge in [-0.05, 0) is 31.2 Å². The molecule has 1 aliphatic rings. The van der Waals surface area contributed by atoms with Gasteiger partial charge >= 0.3 is 5.69 Å². The van der Waals surface area contributed by atoms with Crippen LogP contribution in [-0.2, 0) is 7.05 Å². The Morgan fingerprint density at radius 2 is 1.81 bits per heavy atom. The maximum absolute atomic E-state index is 12.6. The number of hydrogen-bond acceptors (Lipinski definition) is 6. The van der Waals surface area contributed by atoms with Crippen molar-refractivity contribution in [3.05, 3.63) is 69.0 Å². The first-order valence-electron chi connectivity index (χ1n) is 10.4. The fraction of sp³-hybridized carbons (Fsp3) is 0.364. The molecule has 3 aromatic rings. The summed E-state index contributed by atoms with van der Waals surface area (Å²) >= 11 is 0. The van der Waals surface area contributed by atoms with E-state index in [0.29, 0.717) is 6.54 Å². The van der Waals surface area contributed by atoms with Crippen molar-refractivity contribution in [2.24, 2.45) is 7.05 Å². The van der Waals surface area contributed by atoms with Gasteiger partial charge in [0.05, 0.1) is 5.39 Å². The number of benzene rings is 1. The maximum Gasteiger partial charge on any atom is 0.329 e. The Morgan fingerprint density at radius 3 is 2.52 bits per heavy atom. The molecule has 1 saturated heterocycles. The second kappa shape index (κ2) is 8.73. The number of nitrogens with zero attached hydrogens (tertiary/aromatic N) is 4. The molecule has 0 unspecified atom stereocenters. The lowest BCUT2D eigenvalue weighted by Gasteiger charge is -2.39. The summed E-state index contributed by atoms with van der Waals surface area (Å²) in [6, 6.07) is 13.6. The van der Waals surface area contributed by atoms with Crippen molar-refractivity contribution < 1.29 is 4.79 Å². The van der Waals surface area contributed by atoms with Crippen molar-refractivity contribution in [1.82, 2.24) is 24.8 Å². The average Bonchev–Trinajstić information content (AvgIpc) is 2.81. The highest BCUT2D eigenvalue weighted by atomic mass is 16.2. The van der Waals surface area contributed by atoms with Gasteiger partial charge in [0.1, 0.15) is 11.3 Å². The number of nitrogens with one attached hydrogen (secondary N) is 2. The second-order valence-corrected chi connectivity index (χ2v) is 7.80. The molecule has 1 fully saturated rings. The van der Waals surface area contributed by atoms with Crippen molar-refractivity contribution in [3.8, 4) is 0 Å². The zero-order valence-corrected chi connectivity index (χ0v) is 17.7. The topological polar surface area (TPSA) is 103 Å². The van der Waals surface area contributed by atoms with Crippen molar-refractivity contribution >= 4 is 22.6 Å². The molecule has 0 radical (unpaired) electrons. The summed E-state index contributed by atoms with van der Waals surface area (Å²) in [6.07, 6.45) is 0. The minimum Gasteiger partial charge on any atom is -0.369 e. The Bertz CT molecular complexity index is 1200. The minimum atomic E-state index is -0.564. The minimum absolute atomic E-state index is 0.175. The summed E-state index contributed by atoms with van der Waals surface area (Å²) in [5, 5.41) is 3.19. The molecule has 31 heavy (non-hydrogen) atoms. The van der Waals surface area contributed by atoms with E-state index in [1.165, 1.54) is 29.4 Å². The number of anilines is 1. The van der Waals surface area contributed by atoms with Crippen molar-refractivity contribution in [3.63, 3.8) is 0 Å². The summed E-state index contributed by atoms with van der Waals surface area (Å²) in [6.45, 7) is 6.30. The lowest BCUT2D eigenvalue weighted by atomic mass is 10.2. The summed E-state index contributed by atoms with van der Waals surface area (Å²) < 4.78 is 1.22. The van der Waals surface area contributed by atoms with Crippen molar-refractivity contribution in [1.29, 1.82) is 0 Å². The molecule has 4 rings (SSSR count). The maximum atomic E-state index is 12.6. The van der Waals surface area contributed by atoms with Gasteiger partial charge in [-0.2, -0.15) is 0 Å². The molecule has 3 heterocycles. The van der Waals surface area contributed by atoms with Crippen LogP contribution < -0.4 is 21.5 Å². The molecule has 162 valence electrons. The van der Waals surface area contributed by atoms with Crippen LogP contribution in [0.25, 0.3) is 11.0 Å². The molecule has 0 spiro atoms. The van der Waals surface area contributed by atoms with Crippen molar-refractivity contribution in [2.45, 2.75) is 13.0 Å². The molecule has 0 aliphatic carbocycles. The Kier molecular flexibility index (Phi) is 5.85. The molecule has 2 N–H and O–H groups in total. The van der Waals surface area contributed by atoms with Crippen LogP contribution in [0, 0.1) is 0 Å². The molecule has 9 heteroatoms. The quantitative estimate of drug-likeness (QED) is 0.623. The second-order valence-electron chi connectivity index (χ2n) is 7.80. The number of aromatic nitrogens is 3. The molecule has 0 saturated carbocycles. The average molecular weight is 422 g/mol. The summed E-state index contributed by atoms with van der Waals surface area (Å²) in [7, 11) is 1.51. The molecular weight excluding hydrogens is 396 g/mol. The third kappa shape index (κ3) is 4.36. The number of pyridine rings is 1. The number of rotatable bonds is 5. The van der Waals surface area contributed by atoms with E-state index in [0.717, 1.165) is 26.2 Å². The van der Waals surface area contributed by atoms with E-state index in [2.05, 4.69) is 56.3 Å². The largest absolute Gasteiger partial charge is 0.369 e. The number of amides is 1. The molecule has 1 aromatic carbocycles. The third-order valence-corrected chi connectivity index (χ3v) is 5.81. The van der Waals surface area contributed by atoms with Crippen LogP contribution in [-0.4, -0.2) is 64.1 Å². The highest BCUT2D eigenvalue weighted by Crippen LogP contribution is 2.16. The smallest absolute Gasteiger partial charge is 0.329 e. The Morgan fingerprint density at radius 1 is 1.10 bits per heavy atom. The zero-order chi connectivity index (χ0) is 22.0. The van der Waals surface area contributed by atoms with Gasteiger partial charge in [-0.3, -0.25) is 24.0 Å². The van der Waals surface area contributed by atoms with Crippen molar-refractivity contribution in [2.75, 3.05) is 37.6 Å². The number of aromatic amines is 1. The standard InChI is InChI=1S/C22H26N6O3/c1-15(27-10-12-28(13-11-27)16-6-4-3-5-7-16)14-23-21(30)18-9-8-17-19(24-18)26(2)22(31)25-20(17)29/h3-9,15H,10-14H2,1-2H3,(H,23,30)(H,25,29,31)/t15-/m1/s1. The number of piperazine rings is 1. The fourth-order valence-corrected chi connectivity index (χ4v) is 3.87. The molecule has 0 bridgehead atoms. The van der Waals surface area contributed by atoms with Gasteiger partial charge < -0.3 is 10.2 Å². The Labute approximate surface area is 179 Å². The molecule has 1 aliphatic heterocycles. The predicted octanol–water partition coefficient (Wildman–Crippen LogP) is 0.562. The van der Waals surface area contributed by atoms with Gasteiger partial charge in [-0.1, -0.05) is 18.2 Å². The van der Waals surface area contributed by atoms with E-state index in [4.69, 9.17) is 0 Å². The van der Waals surface area contributed by atoms with Crippen LogP contribution in [0.2, 0.25) is 0 Å². The molecular formula is C22H26N6O3. The van der Waals surface area contributed by atoms with Gasteiger partial charge in [0.2, 0.25) is 0 Å². The zero-order valence-electron chi connectivity index (χ0n) is 17.7. The van der Waals surface area contributed by atoms with Gasteiger partial charge in [0, 0.05) is 51.5 Å². The van der Waals surface area contributed by atoms with Crippen LogP contribution in [0.4, 0.5) is 5.69 Å². The normalized spacial score (nSPS) is 15.7. The lowest BCUT2D eigenvalue weighted by Crippen LogP contribution is -2.52. The van der Waals surface area contributed by atoms with E-state index in [9.17, 15) is 14.4 Å². The summed E-state index contributed by atoms with van der Waals surface area (Å²) in [4.78, 5) is 47.5. The van der Waals surface area contributed by atoms with Crippen LogP contribution in [0.3, 0.4) is 0 Å². The number of carbonyl (C=O) groups is 1. The number of aryl methyl sites for hydroxylation is 1. The first kappa shape index (κ1) is 20.8. The summed E-state index contributed by atoms with van der Waals surface area (Å²) in [5.74, 6) is -0.329. The lowest BCUT2D eigenvalue weighted by molar-refractivity contribution is 0.0929. The monoisotopic (exact) mass is 422 g/mol. The van der Waals surface area contributed by atoms with Gasteiger partial charge in [-0.25, -0.2) is 9.78 Å². The van der Waals surface area contributed by atoms with E-state index in [-0.39, 0.29) is 28.7 Å². The van der Waals surface area contributed by atoms with E-state index in [1.807, 2.05) is 6.07 Å². The molecule has 1 amide bonds. The van der Waals surface area contributed by atoms with E-state index in [1.54, 1.807) is 0 Å². The third-order valence-electron chi connectivity index (χ3n) is 5.81. The molecule has 1 atom stereocenters. The van der Waals surface area contributed by atoms with Crippen LogP contribution in [0.1, 0.15) is 17.4 Å². The molecule has 2 aromatic heterocycles. The Balaban J connectivity index is 1.36. The highest BCUT2D eigenvalue weighted by molar-refractivity contribution is 5.94. The number of hydrogen-bond donors (Lipinski definition) is 2. The van der Waals surface area contributed by atoms with E-state index >= 15 is 0 Å². The first-order chi connectivity index (χ1) is 14.9. The predicted molar refractivity (Wildman–Crippen MR) is 120 cm³/mol. The van der Waals surface area contributed by atoms with Gasteiger partial charge in [0.15, 0.2) is 0 Å².